The summed E-state index contributed by atoms with van der Waals surface area (Å²) < 4.78 is 1.03. The van der Waals surface area contributed by atoms with Gasteiger partial charge in [-0.25, -0.2) is 0 Å². The quantitative estimate of drug-likeness (QED) is 0.921. The summed E-state index contributed by atoms with van der Waals surface area (Å²) >= 11 is 3.52. The fraction of sp³-hybridized carbons (Fsp3) is 0.500. The van der Waals surface area contributed by atoms with Gasteiger partial charge in [0.1, 0.15) is 0 Å². The minimum atomic E-state index is -0.0983. The van der Waals surface area contributed by atoms with Crippen LogP contribution in [0, 0.1) is 6.92 Å². The number of hydrogen-bond donors (Lipinski definition) is 1. The standard InChI is InChI=1S/C14H20BrN3O/c1-10-3-4-11(9-12(10)15)18-8-7-17(2)13(5-6-16)14(18)19/h3-4,9,13H,5-8,16H2,1-2H3. The molecule has 1 aromatic carbocycles. The van der Waals surface area contributed by atoms with Crippen LogP contribution in [0.4, 0.5) is 5.69 Å². The fourth-order valence-corrected chi connectivity index (χ4v) is 2.77. The molecule has 0 bridgehead atoms. The van der Waals surface area contributed by atoms with Crippen molar-refractivity contribution in [3.8, 4) is 0 Å². The lowest BCUT2D eigenvalue weighted by atomic mass is 10.1. The monoisotopic (exact) mass is 325 g/mol. The highest BCUT2D eigenvalue weighted by Gasteiger charge is 2.32. The third-order valence-electron chi connectivity index (χ3n) is 3.67. The summed E-state index contributed by atoms with van der Waals surface area (Å²) in [4.78, 5) is 16.5. The molecule has 1 aliphatic rings. The molecule has 2 N–H and O–H groups in total. The highest BCUT2D eigenvalue weighted by atomic mass is 79.9. The Morgan fingerprint density at radius 2 is 2.16 bits per heavy atom. The molecule has 4 nitrogen and oxygen atoms in total. The number of amides is 1. The molecule has 1 heterocycles. The first-order valence-electron chi connectivity index (χ1n) is 6.52. The number of aryl methyl sites for hydroxylation is 1. The van der Waals surface area contributed by atoms with Crippen molar-refractivity contribution in [1.29, 1.82) is 0 Å². The van der Waals surface area contributed by atoms with Crippen LogP contribution in [-0.4, -0.2) is 43.5 Å². The van der Waals surface area contributed by atoms with Crippen molar-refractivity contribution in [1.82, 2.24) is 4.90 Å². The van der Waals surface area contributed by atoms with Crippen molar-refractivity contribution in [3.05, 3.63) is 28.2 Å². The molecule has 5 heteroatoms. The van der Waals surface area contributed by atoms with Gasteiger partial charge in [0.05, 0.1) is 6.04 Å². The molecule has 0 radical (unpaired) electrons. The molecule has 1 atom stereocenters. The molecule has 1 aliphatic heterocycles. The number of carbonyl (C=O) groups excluding carboxylic acids is 1. The largest absolute Gasteiger partial charge is 0.330 e. The zero-order valence-electron chi connectivity index (χ0n) is 11.4. The number of hydrogen-bond acceptors (Lipinski definition) is 3. The number of halogens is 1. The Bertz CT molecular complexity index is 478. The summed E-state index contributed by atoms with van der Waals surface area (Å²) in [5, 5.41) is 0. The van der Waals surface area contributed by atoms with Crippen molar-refractivity contribution in [2.75, 3.05) is 31.6 Å². The van der Waals surface area contributed by atoms with Crippen LogP contribution in [0.25, 0.3) is 0 Å². The van der Waals surface area contributed by atoms with Crippen LogP contribution in [0.15, 0.2) is 22.7 Å². The van der Waals surface area contributed by atoms with Crippen LogP contribution in [-0.2, 0) is 4.79 Å². The lowest BCUT2D eigenvalue weighted by Gasteiger charge is -2.38. The van der Waals surface area contributed by atoms with Gasteiger partial charge >= 0.3 is 0 Å². The predicted octanol–water partition coefficient (Wildman–Crippen LogP) is 1.75. The highest BCUT2D eigenvalue weighted by molar-refractivity contribution is 9.10. The molecule has 1 aromatic rings. The van der Waals surface area contributed by atoms with E-state index in [0.717, 1.165) is 23.2 Å². The average molecular weight is 326 g/mol. The van der Waals surface area contributed by atoms with E-state index < -0.39 is 0 Å². The minimum absolute atomic E-state index is 0.0983. The van der Waals surface area contributed by atoms with E-state index in [-0.39, 0.29) is 11.9 Å². The average Bonchev–Trinajstić information content (AvgIpc) is 2.38. The SMILES string of the molecule is Cc1ccc(N2CCN(C)C(CCN)C2=O)cc1Br. The molecule has 2 rings (SSSR count). The number of nitrogens with two attached hydrogens (primary N) is 1. The van der Waals surface area contributed by atoms with Crippen LogP contribution < -0.4 is 10.6 Å². The topological polar surface area (TPSA) is 49.6 Å². The number of anilines is 1. The van der Waals surface area contributed by atoms with E-state index in [1.165, 1.54) is 5.56 Å². The summed E-state index contributed by atoms with van der Waals surface area (Å²) in [5.74, 6) is 0.148. The number of rotatable bonds is 3. The molecule has 19 heavy (non-hydrogen) atoms. The number of likely N-dealkylation sites (N-methyl/N-ethyl adjacent to an activating group) is 1. The third kappa shape index (κ3) is 2.99. The molecular weight excluding hydrogens is 306 g/mol. The van der Waals surface area contributed by atoms with Crippen molar-refractivity contribution in [2.24, 2.45) is 5.73 Å². The summed E-state index contributed by atoms with van der Waals surface area (Å²) in [6, 6.07) is 5.95. The van der Waals surface area contributed by atoms with E-state index in [9.17, 15) is 4.79 Å². The molecule has 0 saturated carbocycles. The Labute approximate surface area is 122 Å². The summed E-state index contributed by atoms with van der Waals surface area (Å²) in [6.45, 7) is 4.18. The van der Waals surface area contributed by atoms with Crippen LogP contribution in [0.1, 0.15) is 12.0 Å². The van der Waals surface area contributed by atoms with Gasteiger partial charge < -0.3 is 10.6 Å². The van der Waals surface area contributed by atoms with Crippen LogP contribution in [0.5, 0.6) is 0 Å². The van der Waals surface area contributed by atoms with Gasteiger partial charge in [-0.1, -0.05) is 22.0 Å². The zero-order valence-corrected chi connectivity index (χ0v) is 13.0. The molecule has 0 aromatic heterocycles. The number of carbonyl (C=O) groups is 1. The van der Waals surface area contributed by atoms with Crippen molar-refractivity contribution >= 4 is 27.5 Å². The second-order valence-electron chi connectivity index (χ2n) is 5.00. The molecule has 1 fully saturated rings. The lowest BCUT2D eigenvalue weighted by Crippen LogP contribution is -2.56. The van der Waals surface area contributed by atoms with Gasteiger partial charge in [-0.2, -0.15) is 0 Å². The first-order valence-corrected chi connectivity index (χ1v) is 7.31. The van der Waals surface area contributed by atoms with Crippen molar-refractivity contribution < 1.29 is 4.79 Å². The molecule has 0 aliphatic carbocycles. The molecule has 104 valence electrons. The van der Waals surface area contributed by atoms with Crippen LogP contribution in [0.3, 0.4) is 0 Å². The Morgan fingerprint density at radius 3 is 2.79 bits per heavy atom. The van der Waals surface area contributed by atoms with Gasteiger partial charge in [-0.15, -0.1) is 0 Å². The predicted molar refractivity (Wildman–Crippen MR) is 81.3 cm³/mol. The molecule has 1 amide bonds. The smallest absolute Gasteiger partial charge is 0.244 e. The Morgan fingerprint density at radius 1 is 1.42 bits per heavy atom. The van der Waals surface area contributed by atoms with Gasteiger partial charge in [-0.3, -0.25) is 9.69 Å². The second-order valence-corrected chi connectivity index (χ2v) is 5.85. The normalized spacial score (nSPS) is 20.9. The zero-order chi connectivity index (χ0) is 14.0. The number of nitrogens with zero attached hydrogens (tertiary/aromatic N) is 2. The van der Waals surface area contributed by atoms with Crippen LogP contribution in [0.2, 0.25) is 0 Å². The maximum Gasteiger partial charge on any atom is 0.244 e. The summed E-state index contributed by atoms with van der Waals surface area (Å²) in [7, 11) is 1.99. The van der Waals surface area contributed by atoms with Gasteiger partial charge in [0.15, 0.2) is 0 Å². The Balaban J connectivity index is 2.24. The number of piperazine rings is 1. The van der Waals surface area contributed by atoms with Gasteiger partial charge in [-0.05, 0) is 44.6 Å². The first kappa shape index (κ1) is 14.5. The molecule has 1 unspecified atom stereocenters. The number of benzene rings is 1. The van der Waals surface area contributed by atoms with Crippen LogP contribution >= 0.6 is 15.9 Å². The van der Waals surface area contributed by atoms with Crippen molar-refractivity contribution in [3.63, 3.8) is 0 Å². The molecular formula is C14H20BrN3O. The third-order valence-corrected chi connectivity index (χ3v) is 4.52. The maximum absolute atomic E-state index is 12.5. The van der Waals surface area contributed by atoms with E-state index in [2.05, 4.69) is 20.8 Å². The van der Waals surface area contributed by atoms with E-state index >= 15 is 0 Å². The van der Waals surface area contributed by atoms with Gasteiger partial charge in [0.2, 0.25) is 5.91 Å². The highest BCUT2D eigenvalue weighted by Crippen LogP contribution is 2.26. The molecule has 1 saturated heterocycles. The Hall–Kier alpha value is -0.910. The van der Waals surface area contributed by atoms with Gasteiger partial charge in [0, 0.05) is 23.2 Å². The fourth-order valence-electron chi connectivity index (χ4n) is 2.40. The molecule has 0 spiro atoms. The van der Waals surface area contributed by atoms with Crippen molar-refractivity contribution in [2.45, 2.75) is 19.4 Å². The Kier molecular flexibility index (Phi) is 4.60. The second kappa shape index (κ2) is 6.03. The minimum Gasteiger partial charge on any atom is -0.330 e. The lowest BCUT2D eigenvalue weighted by molar-refractivity contribution is -0.125. The first-order chi connectivity index (χ1) is 9.04. The maximum atomic E-state index is 12.5. The summed E-state index contributed by atoms with van der Waals surface area (Å²) in [5.41, 5.74) is 7.73. The van der Waals surface area contributed by atoms with E-state index in [0.29, 0.717) is 13.0 Å². The van der Waals surface area contributed by atoms with Gasteiger partial charge in [0.25, 0.3) is 0 Å². The van der Waals surface area contributed by atoms with E-state index in [1.807, 2.05) is 37.1 Å². The summed E-state index contributed by atoms with van der Waals surface area (Å²) in [6.07, 6.45) is 0.707. The van der Waals surface area contributed by atoms with E-state index in [1.54, 1.807) is 0 Å². The van der Waals surface area contributed by atoms with E-state index in [4.69, 9.17) is 5.73 Å².